The van der Waals surface area contributed by atoms with Gasteiger partial charge in [-0.05, 0) is 60.7 Å². The number of aryl methyl sites for hydroxylation is 2. The highest BCUT2D eigenvalue weighted by atomic mass is 16.5. The van der Waals surface area contributed by atoms with Crippen LogP contribution in [0.5, 0.6) is 5.75 Å². The molecule has 7 heteroatoms. The average molecular weight is 434 g/mol. The van der Waals surface area contributed by atoms with Gasteiger partial charge < -0.3 is 14.8 Å². The fourth-order valence-electron chi connectivity index (χ4n) is 4.09. The zero-order valence-electron chi connectivity index (χ0n) is 18.9. The third-order valence-electron chi connectivity index (χ3n) is 5.82. The van der Waals surface area contributed by atoms with E-state index in [9.17, 15) is 14.7 Å². The van der Waals surface area contributed by atoms with Crippen molar-refractivity contribution >= 4 is 28.7 Å². The Hall–Kier alpha value is -3.61. The Labute approximate surface area is 186 Å². The molecule has 166 valence electrons. The number of nitrogens with zero attached hydrogens (tertiary/aromatic N) is 2. The number of anilines is 1. The largest absolute Gasteiger partial charge is 0.503 e. The third-order valence-corrected chi connectivity index (χ3v) is 5.82. The molecule has 0 radical (unpaired) electrons. The number of aromatic amines is 1. The third kappa shape index (κ3) is 3.64. The summed E-state index contributed by atoms with van der Waals surface area (Å²) in [5.74, 6) is -0.498. The van der Waals surface area contributed by atoms with Gasteiger partial charge in [0.1, 0.15) is 5.75 Å². The number of ether oxygens (including phenoxy) is 1. The Morgan fingerprint density at radius 3 is 2.62 bits per heavy atom. The van der Waals surface area contributed by atoms with Crippen LogP contribution >= 0.6 is 0 Å². The molecule has 1 amide bonds. The summed E-state index contributed by atoms with van der Waals surface area (Å²) in [7, 11) is 1.55. The molecule has 4 rings (SSSR count). The van der Waals surface area contributed by atoms with Crippen molar-refractivity contribution in [3.8, 4) is 5.75 Å². The number of benzene rings is 2. The number of methoxy groups -OCH3 is 1. The van der Waals surface area contributed by atoms with Crippen LogP contribution in [0.2, 0.25) is 0 Å². The predicted molar refractivity (Wildman–Crippen MR) is 123 cm³/mol. The van der Waals surface area contributed by atoms with E-state index in [2.05, 4.69) is 9.97 Å². The first-order valence-electron chi connectivity index (χ1n) is 10.6. The smallest absolute Gasteiger partial charge is 0.296 e. The van der Waals surface area contributed by atoms with Crippen LogP contribution in [0.4, 0.5) is 5.95 Å². The summed E-state index contributed by atoms with van der Waals surface area (Å²) >= 11 is 0. The zero-order chi connectivity index (χ0) is 23.2. The number of hydrogen-bond donors (Lipinski definition) is 2. The Balaban J connectivity index is 1.88. The number of aliphatic hydroxyl groups excluding tert-OH is 1. The molecule has 0 spiro atoms. The topological polar surface area (TPSA) is 95.5 Å². The van der Waals surface area contributed by atoms with Crippen molar-refractivity contribution in [2.45, 2.75) is 40.2 Å². The highest BCUT2D eigenvalue weighted by molar-refractivity contribution is 6.16. The monoisotopic (exact) mass is 433 g/mol. The van der Waals surface area contributed by atoms with Crippen LogP contribution in [0.25, 0.3) is 11.0 Å². The van der Waals surface area contributed by atoms with Crippen molar-refractivity contribution in [1.82, 2.24) is 9.97 Å². The molecule has 1 aromatic heterocycles. The summed E-state index contributed by atoms with van der Waals surface area (Å²) in [6.07, 6.45) is 0.222. The first-order chi connectivity index (χ1) is 15.2. The van der Waals surface area contributed by atoms with E-state index in [1.54, 1.807) is 25.3 Å². The minimum absolute atomic E-state index is 0.0788. The van der Waals surface area contributed by atoms with E-state index in [4.69, 9.17) is 4.74 Å². The van der Waals surface area contributed by atoms with Crippen LogP contribution in [-0.4, -0.2) is 33.9 Å². The van der Waals surface area contributed by atoms with Crippen LogP contribution in [0.1, 0.15) is 43.0 Å². The summed E-state index contributed by atoms with van der Waals surface area (Å²) in [5.41, 5.74) is 4.41. The number of carbonyl (C=O) groups is 2. The normalized spacial score (nSPS) is 16.5. The molecule has 7 nitrogen and oxygen atoms in total. The highest BCUT2D eigenvalue weighted by Crippen LogP contribution is 2.42. The molecule has 0 saturated heterocycles. The van der Waals surface area contributed by atoms with E-state index in [1.807, 2.05) is 45.9 Å². The zero-order valence-corrected chi connectivity index (χ0v) is 18.9. The summed E-state index contributed by atoms with van der Waals surface area (Å²) in [5, 5.41) is 10.8. The van der Waals surface area contributed by atoms with Crippen LogP contribution in [-0.2, 0) is 9.59 Å². The fraction of sp³-hybridized carbons (Fsp3) is 0.320. The summed E-state index contributed by atoms with van der Waals surface area (Å²) in [6, 6.07) is 10.3. The number of H-pyrrole nitrogens is 1. The molecule has 1 aliphatic rings. The number of rotatable bonds is 6. The molecule has 2 heterocycles. The Morgan fingerprint density at radius 1 is 1.22 bits per heavy atom. The van der Waals surface area contributed by atoms with Crippen molar-refractivity contribution < 1.29 is 19.4 Å². The number of amides is 1. The summed E-state index contributed by atoms with van der Waals surface area (Å²) in [4.78, 5) is 35.5. The van der Waals surface area contributed by atoms with Gasteiger partial charge in [0.15, 0.2) is 11.5 Å². The maximum absolute atomic E-state index is 13.2. The number of carbonyl (C=O) groups excluding carboxylic acids is 2. The van der Waals surface area contributed by atoms with Crippen molar-refractivity contribution in [2.24, 2.45) is 5.92 Å². The Morgan fingerprint density at radius 2 is 1.94 bits per heavy atom. The van der Waals surface area contributed by atoms with Crippen molar-refractivity contribution in [1.29, 1.82) is 0 Å². The van der Waals surface area contributed by atoms with E-state index < -0.39 is 17.7 Å². The van der Waals surface area contributed by atoms with Crippen molar-refractivity contribution in [3.63, 3.8) is 0 Å². The lowest BCUT2D eigenvalue weighted by molar-refractivity contribution is -0.118. The van der Waals surface area contributed by atoms with E-state index in [0.717, 1.165) is 16.6 Å². The molecule has 2 N–H and O–H groups in total. The number of aliphatic hydroxyl groups is 1. The second-order valence-electron chi connectivity index (χ2n) is 8.65. The number of Topliss-reactive ketones (excluding diaryl/α,β-unsaturated/α-hetero) is 1. The Kier molecular flexibility index (Phi) is 5.50. The van der Waals surface area contributed by atoms with E-state index in [-0.39, 0.29) is 29.6 Å². The molecule has 3 aromatic rings. The Bertz CT molecular complexity index is 1220. The molecule has 1 atom stereocenters. The van der Waals surface area contributed by atoms with Crippen molar-refractivity contribution in [2.75, 3.05) is 12.0 Å². The number of hydrogen-bond acceptors (Lipinski definition) is 5. The molecule has 0 saturated carbocycles. The SMILES string of the molecule is COc1cccc(C2C(C(=O)CC(C)C)=C(O)C(=O)N2c2nc3cc(C)c(C)cc3[nH]2)c1. The molecule has 32 heavy (non-hydrogen) atoms. The highest BCUT2D eigenvalue weighted by Gasteiger charge is 2.45. The first-order valence-corrected chi connectivity index (χ1v) is 10.6. The lowest BCUT2D eigenvalue weighted by atomic mass is 9.92. The van der Waals surface area contributed by atoms with Gasteiger partial charge in [0.2, 0.25) is 5.95 Å². The predicted octanol–water partition coefficient (Wildman–Crippen LogP) is 4.70. The van der Waals surface area contributed by atoms with E-state index in [1.165, 1.54) is 4.90 Å². The minimum Gasteiger partial charge on any atom is -0.503 e. The maximum Gasteiger partial charge on any atom is 0.296 e. The molecule has 1 aliphatic heterocycles. The van der Waals surface area contributed by atoms with Gasteiger partial charge in [-0.2, -0.15) is 0 Å². The number of aromatic nitrogens is 2. The molecular formula is C25H27N3O4. The van der Waals surface area contributed by atoms with E-state index in [0.29, 0.717) is 16.8 Å². The fourth-order valence-corrected chi connectivity index (χ4v) is 4.09. The van der Waals surface area contributed by atoms with Gasteiger partial charge in [-0.1, -0.05) is 26.0 Å². The summed E-state index contributed by atoms with van der Waals surface area (Å²) in [6.45, 7) is 7.85. The molecule has 2 aromatic carbocycles. The lowest BCUT2D eigenvalue weighted by Gasteiger charge is -2.25. The van der Waals surface area contributed by atoms with Gasteiger partial charge in [-0.3, -0.25) is 14.5 Å². The average Bonchev–Trinajstić information content (AvgIpc) is 3.26. The molecule has 0 fully saturated rings. The lowest BCUT2D eigenvalue weighted by Crippen LogP contribution is -2.32. The van der Waals surface area contributed by atoms with Gasteiger partial charge >= 0.3 is 0 Å². The van der Waals surface area contributed by atoms with Crippen LogP contribution in [0, 0.1) is 19.8 Å². The van der Waals surface area contributed by atoms with Crippen LogP contribution in [0.15, 0.2) is 47.7 Å². The maximum atomic E-state index is 13.2. The van der Waals surface area contributed by atoms with Crippen LogP contribution in [0.3, 0.4) is 0 Å². The number of nitrogens with one attached hydrogen (secondary N) is 1. The number of ketones is 1. The van der Waals surface area contributed by atoms with Gasteiger partial charge in [-0.25, -0.2) is 4.98 Å². The van der Waals surface area contributed by atoms with Gasteiger partial charge in [0.05, 0.1) is 29.8 Å². The van der Waals surface area contributed by atoms with Crippen molar-refractivity contribution in [3.05, 3.63) is 64.4 Å². The molecule has 0 aliphatic carbocycles. The van der Waals surface area contributed by atoms with Gasteiger partial charge in [0, 0.05) is 6.42 Å². The number of imidazole rings is 1. The van der Waals surface area contributed by atoms with Gasteiger partial charge in [-0.15, -0.1) is 0 Å². The standard InChI is InChI=1S/C25H27N3O4/c1-13(2)9-20(29)21-22(16-7-6-8-17(12-16)32-5)28(24(31)23(21)30)25-26-18-10-14(3)15(4)11-19(18)27-25/h6-8,10-13,22,30H,9H2,1-5H3,(H,26,27). The van der Waals surface area contributed by atoms with E-state index >= 15 is 0 Å². The second kappa shape index (κ2) is 8.15. The minimum atomic E-state index is -0.813. The summed E-state index contributed by atoms with van der Waals surface area (Å²) < 4.78 is 5.35. The quantitative estimate of drug-likeness (QED) is 0.587. The molecular weight excluding hydrogens is 406 g/mol. The number of fused-ring (bicyclic) bond motifs is 1. The van der Waals surface area contributed by atoms with Gasteiger partial charge in [0.25, 0.3) is 5.91 Å². The molecule has 0 bridgehead atoms. The second-order valence-corrected chi connectivity index (χ2v) is 8.65. The van der Waals surface area contributed by atoms with Crippen LogP contribution < -0.4 is 9.64 Å². The first kappa shape index (κ1) is 21.6. The molecule has 1 unspecified atom stereocenters.